The van der Waals surface area contributed by atoms with E-state index < -0.39 is 0 Å². The van der Waals surface area contributed by atoms with Crippen LogP contribution in [-0.4, -0.2) is 24.9 Å². The molecule has 0 unspecified atom stereocenters. The average Bonchev–Trinajstić information content (AvgIpc) is 3.29. The molecule has 0 fully saturated rings. The molecule has 2 aromatic carbocycles. The number of benzene rings is 2. The van der Waals surface area contributed by atoms with Crippen LogP contribution in [0.3, 0.4) is 0 Å². The highest BCUT2D eigenvalue weighted by Crippen LogP contribution is 2.29. The number of amides is 2. The maximum atomic E-state index is 13.1. The second-order valence-electron chi connectivity index (χ2n) is 7.47. The Balaban J connectivity index is 1.52. The summed E-state index contributed by atoms with van der Waals surface area (Å²) in [6.07, 6.45) is 2.20. The molecule has 1 aromatic heterocycles. The number of hydrogen-bond donors (Lipinski definition) is 2. The number of hydrogen-bond acceptors (Lipinski definition) is 3. The first-order valence-corrected chi connectivity index (χ1v) is 11.2. The van der Waals surface area contributed by atoms with Crippen LogP contribution in [0.15, 0.2) is 66.0 Å². The van der Waals surface area contributed by atoms with Gasteiger partial charge in [0.15, 0.2) is 6.54 Å². The molecule has 0 bridgehead atoms. The van der Waals surface area contributed by atoms with Gasteiger partial charge in [0.2, 0.25) is 5.91 Å². The highest BCUT2D eigenvalue weighted by molar-refractivity contribution is 7.10. The van der Waals surface area contributed by atoms with Crippen LogP contribution in [0.5, 0.6) is 0 Å². The number of nitrogens with zero attached hydrogens (tertiary/aromatic N) is 1. The third kappa shape index (κ3) is 4.45. The summed E-state index contributed by atoms with van der Waals surface area (Å²) in [5, 5.41) is 6.96. The van der Waals surface area contributed by atoms with Gasteiger partial charge < -0.3 is 10.6 Å². The SMILES string of the molecule is CCCc1ccc([C@H]([NH2+]CC(=O)N2CC(=O)Nc3ccccc32)c2cccs2)cc1. The molecule has 6 heteroatoms. The highest BCUT2D eigenvalue weighted by atomic mass is 32.1. The lowest BCUT2D eigenvalue weighted by Gasteiger charge is -2.29. The van der Waals surface area contributed by atoms with Crippen molar-refractivity contribution < 1.29 is 14.9 Å². The minimum absolute atomic E-state index is 0.0542. The lowest BCUT2D eigenvalue weighted by atomic mass is 10.0. The van der Waals surface area contributed by atoms with Crippen molar-refractivity contribution in [3.63, 3.8) is 0 Å². The summed E-state index contributed by atoms with van der Waals surface area (Å²) >= 11 is 1.70. The van der Waals surface area contributed by atoms with Crippen LogP contribution >= 0.6 is 11.3 Å². The third-order valence-electron chi connectivity index (χ3n) is 5.33. The van der Waals surface area contributed by atoms with Crippen molar-refractivity contribution in [3.8, 4) is 0 Å². The van der Waals surface area contributed by atoms with E-state index in [4.69, 9.17) is 0 Å². The van der Waals surface area contributed by atoms with E-state index >= 15 is 0 Å². The molecule has 0 spiro atoms. The molecule has 1 aliphatic rings. The first-order chi connectivity index (χ1) is 14.7. The zero-order valence-electron chi connectivity index (χ0n) is 17.0. The van der Waals surface area contributed by atoms with E-state index in [2.05, 4.69) is 53.3 Å². The lowest BCUT2D eigenvalue weighted by Crippen LogP contribution is -2.87. The zero-order chi connectivity index (χ0) is 20.9. The van der Waals surface area contributed by atoms with Gasteiger partial charge in [-0.05, 0) is 35.6 Å². The number of rotatable bonds is 7. The van der Waals surface area contributed by atoms with Crippen LogP contribution in [0.25, 0.3) is 0 Å². The molecule has 154 valence electrons. The van der Waals surface area contributed by atoms with Gasteiger partial charge in [0, 0.05) is 5.56 Å². The molecule has 1 aliphatic heterocycles. The minimum atomic E-state index is -0.164. The normalized spacial score (nSPS) is 14.2. The Labute approximate surface area is 180 Å². The van der Waals surface area contributed by atoms with Crippen molar-refractivity contribution in [1.29, 1.82) is 0 Å². The molecule has 1 atom stereocenters. The highest BCUT2D eigenvalue weighted by Gasteiger charge is 2.29. The fourth-order valence-corrected chi connectivity index (χ4v) is 4.70. The fraction of sp³-hybridized carbons (Fsp3) is 0.250. The van der Waals surface area contributed by atoms with Gasteiger partial charge >= 0.3 is 0 Å². The van der Waals surface area contributed by atoms with Crippen molar-refractivity contribution >= 4 is 34.5 Å². The van der Waals surface area contributed by atoms with E-state index in [0.717, 1.165) is 18.5 Å². The summed E-state index contributed by atoms with van der Waals surface area (Å²) in [6, 6.07) is 20.3. The molecular formula is C24H26N3O2S+. The first kappa shape index (κ1) is 20.3. The molecule has 0 aliphatic carbocycles. The van der Waals surface area contributed by atoms with Gasteiger partial charge in [0.1, 0.15) is 12.6 Å². The maximum Gasteiger partial charge on any atom is 0.282 e. The maximum absolute atomic E-state index is 13.1. The van der Waals surface area contributed by atoms with Crippen molar-refractivity contribution in [3.05, 3.63) is 82.0 Å². The van der Waals surface area contributed by atoms with Gasteiger partial charge in [0.25, 0.3) is 5.91 Å². The van der Waals surface area contributed by atoms with Crippen LogP contribution in [0.2, 0.25) is 0 Å². The van der Waals surface area contributed by atoms with E-state index in [1.807, 2.05) is 30.3 Å². The quantitative estimate of drug-likeness (QED) is 0.616. The summed E-state index contributed by atoms with van der Waals surface area (Å²) in [4.78, 5) is 27.9. The molecular weight excluding hydrogens is 394 g/mol. The predicted molar refractivity (Wildman–Crippen MR) is 121 cm³/mol. The summed E-state index contributed by atoms with van der Waals surface area (Å²) in [6.45, 7) is 2.50. The second-order valence-corrected chi connectivity index (χ2v) is 8.45. The van der Waals surface area contributed by atoms with Crippen LogP contribution in [0.4, 0.5) is 11.4 Å². The molecule has 2 heterocycles. The number of quaternary nitrogens is 1. The second kappa shape index (κ2) is 9.24. The molecule has 0 radical (unpaired) electrons. The Morgan fingerprint density at radius 2 is 1.93 bits per heavy atom. The number of nitrogens with one attached hydrogen (secondary N) is 1. The van der Waals surface area contributed by atoms with Crippen LogP contribution in [0, 0.1) is 0 Å². The molecule has 0 saturated heterocycles. The minimum Gasteiger partial charge on any atom is -0.328 e. The predicted octanol–water partition coefficient (Wildman–Crippen LogP) is 3.34. The van der Waals surface area contributed by atoms with Gasteiger partial charge in [-0.3, -0.25) is 14.5 Å². The van der Waals surface area contributed by atoms with Crippen LogP contribution in [-0.2, 0) is 16.0 Å². The average molecular weight is 421 g/mol. The van der Waals surface area contributed by atoms with E-state index in [0.29, 0.717) is 5.69 Å². The number of anilines is 2. The number of fused-ring (bicyclic) bond motifs is 1. The molecule has 3 aromatic rings. The summed E-state index contributed by atoms with van der Waals surface area (Å²) in [7, 11) is 0. The molecule has 30 heavy (non-hydrogen) atoms. The van der Waals surface area contributed by atoms with Crippen LogP contribution in [0.1, 0.15) is 35.4 Å². The zero-order valence-corrected chi connectivity index (χ0v) is 17.8. The monoisotopic (exact) mass is 420 g/mol. The Morgan fingerprint density at radius 3 is 2.67 bits per heavy atom. The van der Waals surface area contributed by atoms with Crippen molar-refractivity contribution in [2.45, 2.75) is 25.8 Å². The summed E-state index contributed by atoms with van der Waals surface area (Å²) in [5.41, 5.74) is 3.95. The fourth-order valence-electron chi connectivity index (χ4n) is 3.85. The first-order valence-electron chi connectivity index (χ1n) is 10.3. The smallest absolute Gasteiger partial charge is 0.282 e. The van der Waals surface area contributed by atoms with Crippen molar-refractivity contribution in [2.24, 2.45) is 0 Å². The topological polar surface area (TPSA) is 66.0 Å². The van der Waals surface area contributed by atoms with Gasteiger partial charge in [-0.25, -0.2) is 0 Å². The Kier molecular flexibility index (Phi) is 6.26. The number of aryl methyl sites for hydroxylation is 1. The van der Waals surface area contributed by atoms with Gasteiger partial charge in [-0.2, -0.15) is 0 Å². The molecule has 3 N–H and O–H groups in total. The largest absolute Gasteiger partial charge is 0.328 e. The number of nitrogens with two attached hydrogens (primary N) is 1. The Hall–Kier alpha value is -2.96. The van der Waals surface area contributed by atoms with Gasteiger partial charge in [0.05, 0.1) is 16.3 Å². The molecule has 2 amide bonds. The Morgan fingerprint density at radius 1 is 1.13 bits per heavy atom. The molecule has 5 nitrogen and oxygen atoms in total. The van der Waals surface area contributed by atoms with E-state index in [1.54, 1.807) is 16.2 Å². The van der Waals surface area contributed by atoms with E-state index in [-0.39, 0.29) is 30.9 Å². The van der Waals surface area contributed by atoms with Crippen LogP contribution < -0.4 is 15.5 Å². The summed E-state index contributed by atoms with van der Waals surface area (Å²) in [5.74, 6) is -0.232. The number of thiophene rings is 1. The van der Waals surface area contributed by atoms with E-state index in [1.165, 1.54) is 16.0 Å². The lowest BCUT2D eigenvalue weighted by molar-refractivity contribution is -0.676. The van der Waals surface area contributed by atoms with Gasteiger partial charge in [-0.15, -0.1) is 11.3 Å². The van der Waals surface area contributed by atoms with Crippen molar-refractivity contribution in [1.82, 2.24) is 0 Å². The number of para-hydroxylation sites is 2. The number of carbonyl (C=O) groups excluding carboxylic acids is 2. The van der Waals surface area contributed by atoms with Crippen molar-refractivity contribution in [2.75, 3.05) is 23.3 Å². The molecule has 4 rings (SSSR count). The molecule has 0 saturated carbocycles. The van der Waals surface area contributed by atoms with Gasteiger partial charge in [-0.1, -0.05) is 55.8 Å². The third-order valence-corrected chi connectivity index (χ3v) is 6.28. The Bertz CT molecular complexity index is 1020. The number of carbonyl (C=O) groups is 2. The standard InChI is InChI=1S/C24H25N3O2S/c1-2-6-17-10-12-18(13-11-17)24(21-9-5-14-30-21)25-15-23(29)27-16-22(28)26-19-7-3-4-8-20(19)27/h3-5,7-14,24-25H,2,6,15-16H2,1H3,(H,26,28)/p+1/t24-/m0/s1. The van der Waals surface area contributed by atoms with E-state index in [9.17, 15) is 9.59 Å². The summed E-state index contributed by atoms with van der Waals surface area (Å²) < 4.78 is 0.